The van der Waals surface area contributed by atoms with Crippen molar-refractivity contribution in [3.63, 3.8) is 0 Å². The maximum atomic E-state index is 14.1. The molecule has 1 unspecified atom stereocenters. The lowest BCUT2D eigenvalue weighted by Crippen LogP contribution is -2.48. The number of hydrogen-bond acceptors (Lipinski definition) is 7. The summed E-state index contributed by atoms with van der Waals surface area (Å²) in [6, 6.07) is 0. The van der Waals surface area contributed by atoms with Gasteiger partial charge < -0.3 is 25.8 Å². The Morgan fingerprint density at radius 2 is 2.25 bits per heavy atom. The summed E-state index contributed by atoms with van der Waals surface area (Å²) in [7, 11) is 0. The molecule has 5 N–H and O–H groups in total. The topological polar surface area (TPSA) is 114 Å². The number of rotatable bonds is 2. The van der Waals surface area contributed by atoms with Crippen molar-refractivity contribution >= 4 is 18.0 Å². The van der Waals surface area contributed by atoms with Crippen molar-refractivity contribution in [1.82, 2.24) is 9.55 Å². The van der Waals surface area contributed by atoms with Crippen LogP contribution in [0.25, 0.3) is 0 Å². The van der Waals surface area contributed by atoms with E-state index >= 15 is 0 Å². The van der Waals surface area contributed by atoms with Gasteiger partial charge in [0.2, 0.25) is 4.77 Å². The molecule has 0 radical (unpaired) electrons. The van der Waals surface area contributed by atoms with Crippen molar-refractivity contribution in [3.05, 3.63) is 16.8 Å². The molecule has 0 amide bonds. The molecule has 1 fully saturated rings. The van der Waals surface area contributed by atoms with E-state index in [1.54, 1.807) is 0 Å². The lowest BCUT2D eigenvalue weighted by atomic mass is 9.95. The second kappa shape index (κ2) is 4.67. The second-order valence-electron chi connectivity index (χ2n) is 4.71. The second-order valence-corrected chi connectivity index (χ2v) is 5.07. The summed E-state index contributed by atoms with van der Waals surface area (Å²) < 4.78 is 32.9. The molecule has 1 aliphatic heterocycles. The fraction of sp³-hybridized carbons (Fsp3) is 0.600. The zero-order chi connectivity index (χ0) is 15.3. The third-order valence-electron chi connectivity index (χ3n) is 3.17. The van der Waals surface area contributed by atoms with Crippen LogP contribution in [0.1, 0.15) is 13.2 Å². The molecule has 2 heterocycles. The Morgan fingerprint density at radius 3 is 2.75 bits per heavy atom. The van der Waals surface area contributed by atoms with E-state index in [0.717, 1.165) is 17.7 Å². The molecule has 10 heteroatoms. The highest BCUT2D eigenvalue weighted by Crippen LogP contribution is 2.45. The summed E-state index contributed by atoms with van der Waals surface area (Å²) in [6.07, 6.45) is -2.86. The molecule has 1 aromatic rings. The number of nitrogens with zero attached hydrogens (tertiary/aromatic N) is 2. The lowest BCUT2D eigenvalue weighted by molar-refractivity contribution is -0.207. The average Bonchev–Trinajstić information content (AvgIpc) is 2.56. The van der Waals surface area contributed by atoms with Crippen molar-refractivity contribution in [2.75, 3.05) is 12.3 Å². The van der Waals surface area contributed by atoms with Crippen LogP contribution in [0.4, 0.5) is 14.6 Å². The predicted octanol–water partition coefficient (Wildman–Crippen LogP) is -0.367. The van der Waals surface area contributed by atoms with Crippen molar-refractivity contribution in [2.45, 2.75) is 30.7 Å². The van der Waals surface area contributed by atoms with Gasteiger partial charge >= 0.3 is 0 Å². The molecule has 1 saturated heterocycles. The molecule has 112 valence electrons. The van der Waals surface area contributed by atoms with Crippen LogP contribution in [-0.4, -0.2) is 49.0 Å². The number of aromatic nitrogens is 2. The summed E-state index contributed by atoms with van der Waals surface area (Å²) in [5.74, 6) is -4.31. The molecular weight excluding hydrogens is 296 g/mol. The summed E-state index contributed by atoms with van der Waals surface area (Å²) in [5.41, 5.74) is 3.06. The number of halogens is 2. The van der Waals surface area contributed by atoms with E-state index in [0.29, 0.717) is 0 Å². The molecular formula is C10H13F2N3O4S. The Morgan fingerprint density at radius 1 is 1.65 bits per heavy atom. The molecule has 0 saturated carbocycles. The smallest absolute Gasteiger partial charge is 0.263 e. The minimum absolute atomic E-state index is 0.274. The first-order valence-electron chi connectivity index (χ1n) is 5.55. The summed E-state index contributed by atoms with van der Waals surface area (Å²) in [4.78, 5) is 3.50. The third kappa shape index (κ3) is 2.09. The summed E-state index contributed by atoms with van der Waals surface area (Å²) in [5, 5.41) is 28.8. The molecule has 0 spiro atoms. The fourth-order valence-corrected chi connectivity index (χ4v) is 2.28. The SMILES string of the molecule is C[C@@]1(O)C(O)[C@@](F)(CO)O[C@H]1n1cc(F)c(N)nc1=S. The first kappa shape index (κ1) is 15.2. The van der Waals surface area contributed by atoms with Gasteiger partial charge in [-0.05, 0) is 19.1 Å². The van der Waals surface area contributed by atoms with Crippen LogP contribution in [-0.2, 0) is 4.74 Å². The highest BCUT2D eigenvalue weighted by molar-refractivity contribution is 7.71. The Labute approximate surface area is 117 Å². The number of hydrogen-bond donors (Lipinski definition) is 4. The molecule has 1 aliphatic rings. The summed E-state index contributed by atoms with van der Waals surface area (Å²) >= 11 is 4.84. The van der Waals surface area contributed by atoms with E-state index in [-0.39, 0.29) is 4.77 Å². The molecule has 0 aromatic carbocycles. The number of ether oxygens (including phenoxy) is 1. The highest BCUT2D eigenvalue weighted by atomic mass is 32.1. The maximum absolute atomic E-state index is 14.1. The van der Waals surface area contributed by atoms with Crippen molar-refractivity contribution in [2.24, 2.45) is 0 Å². The van der Waals surface area contributed by atoms with Gasteiger partial charge in [0.1, 0.15) is 18.3 Å². The average molecular weight is 309 g/mol. The predicted molar refractivity (Wildman–Crippen MR) is 65.1 cm³/mol. The van der Waals surface area contributed by atoms with Crippen LogP contribution in [0.3, 0.4) is 0 Å². The van der Waals surface area contributed by atoms with Crippen molar-refractivity contribution in [1.29, 1.82) is 0 Å². The number of anilines is 1. The number of aliphatic hydroxyl groups excluding tert-OH is 2. The lowest BCUT2D eigenvalue weighted by Gasteiger charge is -2.27. The highest BCUT2D eigenvalue weighted by Gasteiger charge is 2.62. The maximum Gasteiger partial charge on any atom is 0.263 e. The van der Waals surface area contributed by atoms with Gasteiger partial charge in [0.05, 0.1) is 0 Å². The Bertz CT molecular complexity index is 596. The molecule has 2 rings (SSSR count). The van der Waals surface area contributed by atoms with E-state index in [2.05, 4.69) is 4.98 Å². The first-order chi connectivity index (χ1) is 9.13. The molecule has 0 bridgehead atoms. The van der Waals surface area contributed by atoms with Crippen LogP contribution in [0, 0.1) is 10.6 Å². The molecule has 20 heavy (non-hydrogen) atoms. The number of alkyl halides is 1. The Balaban J connectivity index is 2.54. The first-order valence-corrected chi connectivity index (χ1v) is 5.96. The standard InChI is InChI=1S/C10H13F2N3O4S/c1-9(18)6(17)10(12,3-16)19-7(9)15-2-4(11)5(13)14-8(15)20/h2,6-7,16-18H,3H2,1H3,(H2,13,14,20)/t6?,7-,9-,10-/m1/s1. The molecule has 7 nitrogen and oxygen atoms in total. The minimum atomic E-state index is -2.90. The number of nitrogen functional groups attached to an aromatic ring is 1. The molecule has 0 aliphatic carbocycles. The van der Waals surface area contributed by atoms with Crippen LogP contribution >= 0.6 is 12.2 Å². The molecule has 1 aromatic heterocycles. The minimum Gasteiger partial charge on any atom is -0.390 e. The Kier molecular flexibility index (Phi) is 3.55. The van der Waals surface area contributed by atoms with Crippen molar-refractivity contribution < 1.29 is 28.8 Å². The van der Waals surface area contributed by atoms with Gasteiger partial charge in [-0.15, -0.1) is 0 Å². The quantitative estimate of drug-likeness (QED) is 0.551. The zero-order valence-electron chi connectivity index (χ0n) is 10.3. The van der Waals surface area contributed by atoms with E-state index in [1.165, 1.54) is 0 Å². The number of aliphatic hydroxyl groups is 3. The van der Waals surface area contributed by atoms with Crippen LogP contribution < -0.4 is 5.73 Å². The molecule has 4 atom stereocenters. The normalized spacial score (nSPS) is 37.3. The summed E-state index contributed by atoms with van der Waals surface area (Å²) in [6.45, 7) is -0.131. The van der Waals surface area contributed by atoms with Gasteiger partial charge in [0.15, 0.2) is 17.9 Å². The largest absolute Gasteiger partial charge is 0.390 e. The van der Waals surface area contributed by atoms with E-state index < -0.39 is 42.0 Å². The third-order valence-corrected chi connectivity index (χ3v) is 3.47. The van der Waals surface area contributed by atoms with Crippen LogP contribution in [0.15, 0.2) is 6.20 Å². The Hall–Kier alpha value is -1.20. The van der Waals surface area contributed by atoms with Gasteiger partial charge in [-0.25, -0.2) is 8.78 Å². The number of nitrogens with two attached hydrogens (primary N) is 1. The van der Waals surface area contributed by atoms with Gasteiger partial charge in [0.25, 0.3) is 5.85 Å². The van der Waals surface area contributed by atoms with Gasteiger partial charge in [-0.2, -0.15) is 4.98 Å². The monoisotopic (exact) mass is 309 g/mol. The van der Waals surface area contributed by atoms with E-state index in [4.69, 9.17) is 27.8 Å². The van der Waals surface area contributed by atoms with Crippen molar-refractivity contribution in [3.8, 4) is 0 Å². The zero-order valence-corrected chi connectivity index (χ0v) is 11.1. The van der Waals surface area contributed by atoms with Gasteiger partial charge in [-0.1, -0.05) is 0 Å². The van der Waals surface area contributed by atoms with E-state index in [1.807, 2.05) is 0 Å². The van der Waals surface area contributed by atoms with Crippen LogP contribution in [0.2, 0.25) is 0 Å². The van der Waals surface area contributed by atoms with Crippen LogP contribution in [0.5, 0.6) is 0 Å². The van der Waals surface area contributed by atoms with Gasteiger partial charge in [0, 0.05) is 6.20 Å². The van der Waals surface area contributed by atoms with E-state index in [9.17, 15) is 19.0 Å². The fourth-order valence-electron chi connectivity index (χ4n) is 2.03. The van der Waals surface area contributed by atoms with Gasteiger partial charge in [-0.3, -0.25) is 4.57 Å².